The van der Waals surface area contributed by atoms with E-state index in [4.69, 9.17) is 11.5 Å². The van der Waals surface area contributed by atoms with Crippen molar-refractivity contribution in [2.45, 2.75) is 44.2 Å². The number of carbonyl (C=O) groups is 4. The van der Waals surface area contributed by atoms with E-state index in [1.165, 1.54) is 4.90 Å². The van der Waals surface area contributed by atoms with Gasteiger partial charge in [-0.3, -0.25) is 24.2 Å². The Bertz CT molecular complexity index is 1450. The van der Waals surface area contributed by atoms with Gasteiger partial charge < -0.3 is 37.0 Å². The highest BCUT2D eigenvalue weighted by molar-refractivity contribution is 5.93. The Morgan fingerprint density at radius 2 is 1.40 bits per heavy atom. The molecule has 0 radical (unpaired) electrons. The third-order valence-corrected chi connectivity index (χ3v) is 7.66. The van der Waals surface area contributed by atoms with Crippen molar-refractivity contribution >= 4 is 29.7 Å². The largest absolute Gasteiger partial charge is 0.480 e. The lowest BCUT2D eigenvalue weighted by Gasteiger charge is -2.34. The number of carboxylic acid groups (broad SMARTS) is 1. The van der Waals surface area contributed by atoms with Crippen LogP contribution in [0.2, 0.25) is 0 Å². The number of aliphatic imine (C=N–C) groups is 1. The molecule has 0 aliphatic carbocycles. The highest BCUT2D eigenvalue weighted by Gasteiger charge is 2.35. The van der Waals surface area contributed by atoms with Gasteiger partial charge >= 0.3 is 5.97 Å². The van der Waals surface area contributed by atoms with Crippen LogP contribution in [0.25, 0.3) is 0 Å². The van der Waals surface area contributed by atoms with Crippen LogP contribution >= 0.6 is 0 Å². The molecule has 12 heteroatoms. The monoisotopic (exact) mass is 657 g/mol. The van der Waals surface area contributed by atoms with Gasteiger partial charge in [0.2, 0.25) is 17.7 Å². The van der Waals surface area contributed by atoms with Crippen molar-refractivity contribution in [3.05, 3.63) is 107 Å². The van der Waals surface area contributed by atoms with Crippen LogP contribution in [-0.4, -0.2) is 90.9 Å². The first kappa shape index (κ1) is 37.2. The van der Waals surface area contributed by atoms with Gasteiger partial charge in [0, 0.05) is 19.6 Å². The van der Waals surface area contributed by atoms with Gasteiger partial charge in [-0.1, -0.05) is 84.9 Å². The minimum atomic E-state index is -1.20. The average Bonchev–Trinajstić information content (AvgIpc) is 3.06. The van der Waals surface area contributed by atoms with Crippen LogP contribution in [0.5, 0.6) is 0 Å². The molecular formula is C36H47N7O5. The molecule has 0 heterocycles. The molecular weight excluding hydrogens is 610 g/mol. The lowest BCUT2D eigenvalue weighted by molar-refractivity contribution is -0.143. The Labute approximate surface area is 282 Å². The molecule has 12 nitrogen and oxygen atoms in total. The fourth-order valence-electron chi connectivity index (χ4n) is 5.31. The second-order valence-electron chi connectivity index (χ2n) is 11.8. The molecule has 0 fully saturated rings. The van der Waals surface area contributed by atoms with Gasteiger partial charge in [-0.25, -0.2) is 0 Å². The summed E-state index contributed by atoms with van der Waals surface area (Å²) in [7, 11) is 3.97. The summed E-state index contributed by atoms with van der Waals surface area (Å²) in [6.07, 6.45) is 1.59. The first-order chi connectivity index (χ1) is 23.0. The smallest absolute Gasteiger partial charge is 0.322 e. The molecule has 256 valence electrons. The lowest BCUT2D eigenvalue weighted by atomic mass is 9.89. The molecule has 48 heavy (non-hydrogen) atoms. The van der Waals surface area contributed by atoms with Gasteiger partial charge in [0.25, 0.3) is 0 Å². The minimum Gasteiger partial charge on any atom is -0.480 e. The summed E-state index contributed by atoms with van der Waals surface area (Å²) in [5.74, 6) is -3.04. The summed E-state index contributed by atoms with van der Waals surface area (Å²) in [6.45, 7) is 1.14. The maximum atomic E-state index is 14.8. The van der Waals surface area contributed by atoms with Crippen molar-refractivity contribution in [3.8, 4) is 0 Å². The number of amides is 3. The van der Waals surface area contributed by atoms with E-state index in [0.717, 1.165) is 35.2 Å². The van der Waals surface area contributed by atoms with Crippen LogP contribution in [0.1, 0.15) is 47.4 Å². The first-order valence-electron chi connectivity index (χ1n) is 16.0. The summed E-state index contributed by atoms with van der Waals surface area (Å²) in [5.41, 5.74) is 14.0. The van der Waals surface area contributed by atoms with Gasteiger partial charge in [-0.15, -0.1) is 0 Å². The van der Waals surface area contributed by atoms with Crippen LogP contribution in [0.15, 0.2) is 89.9 Å². The predicted octanol–water partition coefficient (Wildman–Crippen LogP) is 2.08. The Kier molecular flexibility index (Phi) is 15.1. The third kappa shape index (κ3) is 12.5. The summed E-state index contributed by atoms with van der Waals surface area (Å²) in [6, 6.07) is 24.9. The van der Waals surface area contributed by atoms with E-state index in [-0.39, 0.29) is 43.7 Å². The number of guanidine groups is 1. The SMILES string of the molecule is CN(C)CCCNC(=O)Cc1ccc(CN(C(=O)C(c2ccccc2)c2ccccc2)[C@H](CCCN=C(N)N)C(=O)NCC(=O)O)cc1. The van der Waals surface area contributed by atoms with Crippen molar-refractivity contribution < 1.29 is 24.3 Å². The van der Waals surface area contributed by atoms with Gasteiger partial charge in [0.15, 0.2) is 5.96 Å². The zero-order valence-electron chi connectivity index (χ0n) is 27.7. The molecule has 0 bridgehead atoms. The van der Waals surface area contributed by atoms with E-state index < -0.39 is 30.4 Å². The van der Waals surface area contributed by atoms with Crippen molar-refractivity contribution in [1.29, 1.82) is 0 Å². The fourth-order valence-corrected chi connectivity index (χ4v) is 5.31. The quantitative estimate of drug-likeness (QED) is 0.0737. The number of nitrogens with one attached hydrogen (secondary N) is 2. The molecule has 0 saturated heterocycles. The number of hydrogen-bond acceptors (Lipinski definition) is 6. The van der Waals surface area contributed by atoms with Crippen LogP contribution in [-0.2, 0) is 32.1 Å². The minimum absolute atomic E-state index is 0.0550. The van der Waals surface area contributed by atoms with Crippen LogP contribution < -0.4 is 22.1 Å². The number of hydrogen-bond donors (Lipinski definition) is 5. The zero-order chi connectivity index (χ0) is 34.9. The zero-order valence-corrected chi connectivity index (χ0v) is 27.7. The second-order valence-corrected chi connectivity index (χ2v) is 11.8. The maximum absolute atomic E-state index is 14.8. The highest BCUT2D eigenvalue weighted by Crippen LogP contribution is 2.29. The molecule has 3 rings (SSSR count). The third-order valence-electron chi connectivity index (χ3n) is 7.66. The summed E-state index contributed by atoms with van der Waals surface area (Å²) >= 11 is 0. The number of aliphatic carboxylic acids is 1. The first-order valence-corrected chi connectivity index (χ1v) is 16.0. The molecule has 3 aromatic rings. The van der Waals surface area contributed by atoms with Gasteiger partial charge in [0.05, 0.1) is 12.3 Å². The molecule has 0 aliphatic heterocycles. The molecule has 0 spiro atoms. The molecule has 3 amide bonds. The van der Waals surface area contributed by atoms with Crippen molar-refractivity contribution in [2.24, 2.45) is 16.5 Å². The molecule has 0 saturated carbocycles. The molecule has 0 aromatic heterocycles. The van der Waals surface area contributed by atoms with Crippen LogP contribution in [0.4, 0.5) is 0 Å². The fraction of sp³-hybridized carbons (Fsp3) is 0.361. The van der Waals surface area contributed by atoms with Crippen molar-refractivity contribution in [2.75, 3.05) is 40.3 Å². The van der Waals surface area contributed by atoms with Gasteiger partial charge in [-0.05, 0) is 62.2 Å². The van der Waals surface area contributed by atoms with E-state index in [2.05, 4.69) is 20.5 Å². The molecule has 3 aromatic carbocycles. The van der Waals surface area contributed by atoms with E-state index >= 15 is 0 Å². The van der Waals surface area contributed by atoms with E-state index in [0.29, 0.717) is 13.0 Å². The lowest BCUT2D eigenvalue weighted by Crippen LogP contribution is -2.51. The average molecular weight is 658 g/mol. The Balaban J connectivity index is 1.96. The van der Waals surface area contributed by atoms with Crippen molar-refractivity contribution in [3.63, 3.8) is 0 Å². The van der Waals surface area contributed by atoms with Crippen LogP contribution in [0.3, 0.4) is 0 Å². The van der Waals surface area contributed by atoms with Gasteiger partial charge in [-0.2, -0.15) is 0 Å². The Morgan fingerprint density at radius 3 is 1.94 bits per heavy atom. The van der Waals surface area contributed by atoms with E-state index in [1.54, 1.807) is 0 Å². The van der Waals surface area contributed by atoms with Crippen molar-refractivity contribution in [1.82, 2.24) is 20.4 Å². The summed E-state index contributed by atoms with van der Waals surface area (Å²) < 4.78 is 0. The normalized spacial score (nSPS) is 11.5. The van der Waals surface area contributed by atoms with E-state index in [9.17, 15) is 24.3 Å². The number of nitrogens with two attached hydrogens (primary N) is 2. The summed E-state index contributed by atoms with van der Waals surface area (Å²) in [4.78, 5) is 59.9. The summed E-state index contributed by atoms with van der Waals surface area (Å²) in [5, 5.41) is 14.7. The highest BCUT2D eigenvalue weighted by atomic mass is 16.4. The van der Waals surface area contributed by atoms with Gasteiger partial charge in [0.1, 0.15) is 12.6 Å². The molecule has 1 atom stereocenters. The van der Waals surface area contributed by atoms with E-state index in [1.807, 2.05) is 99.0 Å². The second kappa shape index (κ2) is 19.4. The topological polar surface area (TPSA) is 183 Å². The Hall–Kier alpha value is -5.23. The molecule has 0 unspecified atom stereocenters. The number of carbonyl (C=O) groups excluding carboxylic acids is 3. The maximum Gasteiger partial charge on any atom is 0.322 e. The predicted molar refractivity (Wildman–Crippen MR) is 186 cm³/mol. The Morgan fingerprint density at radius 1 is 0.812 bits per heavy atom. The molecule has 7 N–H and O–H groups in total. The molecule has 0 aliphatic rings. The standard InChI is InChI=1S/C36H47N7O5/c1-42(2)22-10-21-39-31(44)23-26-16-18-27(19-17-26)25-43(30(15-9-20-40-36(37)38)34(47)41-24-32(45)46)35(48)33(28-11-5-3-6-12-28)29-13-7-4-8-14-29/h3-8,11-14,16-19,30,33H,9-10,15,20-25H2,1-2H3,(H,39,44)(H,41,47)(H,45,46)(H4,37,38,40)/t30-/m1/s1. The number of benzene rings is 3. The van der Waals surface area contributed by atoms with Crippen LogP contribution in [0, 0.1) is 0 Å². The number of carboxylic acids is 1. The number of rotatable bonds is 19. The number of nitrogens with zero attached hydrogens (tertiary/aromatic N) is 3.